The average molecular weight is 274 g/mol. The van der Waals surface area contributed by atoms with E-state index in [1.165, 1.54) is 19.3 Å². The summed E-state index contributed by atoms with van der Waals surface area (Å²) in [4.78, 5) is 14.2. The van der Waals surface area contributed by atoms with Gasteiger partial charge < -0.3 is 5.32 Å². The molecule has 1 unspecified atom stereocenters. The van der Waals surface area contributed by atoms with E-state index in [2.05, 4.69) is 5.32 Å². The molecule has 1 aromatic carbocycles. The van der Waals surface area contributed by atoms with Crippen molar-refractivity contribution < 1.29 is 4.79 Å². The number of thiocarbonyl (C=S) groups is 1. The van der Waals surface area contributed by atoms with E-state index in [1.807, 2.05) is 30.3 Å². The van der Waals surface area contributed by atoms with E-state index < -0.39 is 0 Å². The maximum atomic E-state index is 12.6. The highest BCUT2D eigenvalue weighted by Crippen LogP contribution is 2.31. The Morgan fingerprint density at radius 1 is 1.11 bits per heavy atom. The Morgan fingerprint density at radius 3 is 2.47 bits per heavy atom. The summed E-state index contributed by atoms with van der Waals surface area (Å²) < 4.78 is 0. The van der Waals surface area contributed by atoms with Crippen molar-refractivity contribution in [2.45, 2.75) is 38.1 Å². The molecule has 1 amide bonds. The molecule has 0 aromatic heterocycles. The Hall–Kier alpha value is -1.42. The molecule has 0 spiro atoms. The predicted molar refractivity (Wildman–Crippen MR) is 80.0 cm³/mol. The quantitative estimate of drug-likeness (QED) is 0.842. The first kappa shape index (κ1) is 12.6. The van der Waals surface area contributed by atoms with Crippen LogP contribution in [-0.4, -0.2) is 17.1 Å². The maximum Gasteiger partial charge on any atom is 0.256 e. The van der Waals surface area contributed by atoms with Gasteiger partial charge in [0.2, 0.25) is 0 Å². The van der Waals surface area contributed by atoms with Crippen LogP contribution in [0.2, 0.25) is 0 Å². The highest BCUT2D eigenvalue weighted by molar-refractivity contribution is 7.80. The Labute approximate surface area is 119 Å². The molecule has 1 heterocycles. The van der Waals surface area contributed by atoms with Gasteiger partial charge in [-0.15, -0.1) is 0 Å². The Kier molecular flexibility index (Phi) is 3.51. The molecule has 1 N–H and O–H groups in total. The van der Waals surface area contributed by atoms with Crippen molar-refractivity contribution in [3.05, 3.63) is 30.3 Å². The van der Waals surface area contributed by atoms with Gasteiger partial charge in [0.1, 0.15) is 6.04 Å². The summed E-state index contributed by atoms with van der Waals surface area (Å²) in [5.41, 5.74) is 0.864. The molecule has 1 atom stereocenters. The number of rotatable bonds is 2. The van der Waals surface area contributed by atoms with Crippen LogP contribution in [0.15, 0.2) is 30.3 Å². The minimum atomic E-state index is -0.118. The fourth-order valence-electron chi connectivity index (χ4n) is 3.11. The lowest BCUT2D eigenvalue weighted by Gasteiger charge is -2.25. The van der Waals surface area contributed by atoms with Crippen LogP contribution in [-0.2, 0) is 4.79 Å². The molecule has 1 aliphatic carbocycles. The van der Waals surface area contributed by atoms with Crippen molar-refractivity contribution in [1.29, 1.82) is 0 Å². The molecule has 1 saturated heterocycles. The summed E-state index contributed by atoms with van der Waals surface area (Å²) in [5, 5.41) is 3.78. The fraction of sp³-hybridized carbons (Fsp3) is 0.467. The third-order valence-electron chi connectivity index (χ3n) is 4.10. The number of hydrogen-bond acceptors (Lipinski definition) is 2. The number of para-hydroxylation sites is 1. The van der Waals surface area contributed by atoms with Gasteiger partial charge in [-0.25, -0.2) is 0 Å². The Morgan fingerprint density at radius 2 is 1.79 bits per heavy atom. The average Bonchev–Trinajstić information content (AvgIpc) is 2.76. The second kappa shape index (κ2) is 5.29. The lowest BCUT2D eigenvalue weighted by atomic mass is 9.84. The molecule has 1 aliphatic heterocycles. The standard InChI is InChI=1S/C15H18N2OS/c18-14-13(11-7-3-1-4-8-11)16-15(19)17(14)12-9-5-2-6-10-12/h2,5-6,9-11,13H,1,3-4,7-8H2,(H,16,19). The second-order valence-corrected chi connectivity index (χ2v) is 5.72. The summed E-state index contributed by atoms with van der Waals surface area (Å²) in [5.74, 6) is 0.552. The molecule has 2 aliphatic rings. The normalized spacial score (nSPS) is 24.6. The number of nitrogens with one attached hydrogen (secondary N) is 1. The maximum absolute atomic E-state index is 12.6. The molecule has 19 heavy (non-hydrogen) atoms. The number of nitrogens with zero attached hydrogens (tertiary/aromatic N) is 1. The highest BCUT2D eigenvalue weighted by Gasteiger charge is 2.41. The fourth-order valence-corrected chi connectivity index (χ4v) is 3.43. The molecule has 3 nitrogen and oxygen atoms in total. The summed E-state index contributed by atoms with van der Waals surface area (Å²) >= 11 is 5.34. The van der Waals surface area contributed by atoms with Crippen molar-refractivity contribution >= 4 is 28.9 Å². The van der Waals surface area contributed by atoms with Crippen LogP contribution in [0, 0.1) is 5.92 Å². The number of hydrogen-bond donors (Lipinski definition) is 1. The lowest BCUT2D eigenvalue weighted by Crippen LogP contribution is -2.38. The van der Waals surface area contributed by atoms with Crippen LogP contribution in [0.25, 0.3) is 0 Å². The van der Waals surface area contributed by atoms with Crippen molar-refractivity contribution in [3.8, 4) is 0 Å². The van der Waals surface area contributed by atoms with Crippen LogP contribution in [0.4, 0.5) is 5.69 Å². The topological polar surface area (TPSA) is 32.3 Å². The van der Waals surface area contributed by atoms with Gasteiger partial charge in [-0.2, -0.15) is 0 Å². The molecule has 1 aromatic rings. The van der Waals surface area contributed by atoms with Crippen molar-refractivity contribution in [2.75, 3.05) is 4.90 Å². The van der Waals surface area contributed by atoms with Gasteiger partial charge in [-0.3, -0.25) is 9.69 Å². The van der Waals surface area contributed by atoms with E-state index in [0.29, 0.717) is 11.0 Å². The van der Waals surface area contributed by atoms with Crippen LogP contribution in [0.1, 0.15) is 32.1 Å². The van der Waals surface area contributed by atoms with E-state index in [0.717, 1.165) is 18.5 Å². The van der Waals surface area contributed by atoms with E-state index in [1.54, 1.807) is 4.90 Å². The van der Waals surface area contributed by atoms with Gasteiger partial charge in [-0.1, -0.05) is 37.5 Å². The summed E-state index contributed by atoms with van der Waals surface area (Å²) in [6.45, 7) is 0. The van der Waals surface area contributed by atoms with Gasteiger partial charge in [0.25, 0.3) is 5.91 Å². The van der Waals surface area contributed by atoms with Crippen LogP contribution in [0.5, 0.6) is 0 Å². The highest BCUT2D eigenvalue weighted by atomic mass is 32.1. The van der Waals surface area contributed by atoms with Crippen molar-refractivity contribution in [3.63, 3.8) is 0 Å². The number of benzene rings is 1. The molecule has 4 heteroatoms. The smallest absolute Gasteiger partial charge is 0.256 e. The molecular formula is C15H18N2OS. The van der Waals surface area contributed by atoms with Crippen molar-refractivity contribution in [1.82, 2.24) is 5.32 Å². The molecule has 100 valence electrons. The molecule has 3 rings (SSSR count). The van der Waals surface area contributed by atoms with Gasteiger partial charge in [0, 0.05) is 0 Å². The zero-order chi connectivity index (χ0) is 13.2. The molecule has 2 fully saturated rings. The van der Waals surface area contributed by atoms with Gasteiger partial charge in [0.05, 0.1) is 5.69 Å². The number of carbonyl (C=O) groups excluding carboxylic acids is 1. The van der Waals surface area contributed by atoms with E-state index in [9.17, 15) is 4.79 Å². The SMILES string of the molecule is O=C1C(C2CCCCC2)NC(=S)N1c1ccccc1. The third-order valence-corrected chi connectivity index (χ3v) is 4.40. The number of amides is 1. The van der Waals surface area contributed by atoms with Gasteiger partial charge in [-0.05, 0) is 43.1 Å². The summed E-state index contributed by atoms with van der Waals surface area (Å²) in [6.07, 6.45) is 6.02. The van der Waals surface area contributed by atoms with E-state index in [-0.39, 0.29) is 11.9 Å². The summed E-state index contributed by atoms with van der Waals surface area (Å²) in [7, 11) is 0. The van der Waals surface area contributed by atoms with Crippen LogP contribution in [0.3, 0.4) is 0 Å². The Balaban J connectivity index is 1.81. The first-order chi connectivity index (χ1) is 9.27. The zero-order valence-electron chi connectivity index (χ0n) is 10.8. The molecule has 0 bridgehead atoms. The zero-order valence-corrected chi connectivity index (χ0v) is 11.7. The minimum absolute atomic E-state index is 0.114. The van der Waals surface area contributed by atoms with Crippen molar-refractivity contribution in [2.24, 2.45) is 5.92 Å². The number of anilines is 1. The first-order valence-corrected chi connectivity index (χ1v) is 7.38. The minimum Gasteiger partial charge on any atom is -0.350 e. The Bertz CT molecular complexity index is 482. The third kappa shape index (κ3) is 2.37. The summed E-state index contributed by atoms with van der Waals surface area (Å²) in [6, 6.07) is 9.54. The molecule has 1 saturated carbocycles. The lowest BCUT2D eigenvalue weighted by molar-refractivity contribution is -0.119. The van der Waals surface area contributed by atoms with Crippen LogP contribution < -0.4 is 10.2 Å². The second-order valence-electron chi connectivity index (χ2n) is 5.33. The molecular weight excluding hydrogens is 256 g/mol. The largest absolute Gasteiger partial charge is 0.350 e. The predicted octanol–water partition coefficient (Wildman–Crippen LogP) is 2.86. The van der Waals surface area contributed by atoms with E-state index in [4.69, 9.17) is 12.2 Å². The number of carbonyl (C=O) groups is 1. The van der Waals surface area contributed by atoms with Gasteiger partial charge in [0.15, 0.2) is 5.11 Å². The monoisotopic (exact) mass is 274 g/mol. The van der Waals surface area contributed by atoms with E-state index >= 15 is 0 Å². The first-order valence-electron chi connectivity index (χ1n) is 6.97. The van der Waals surface area contributed by atoms with Crippen LogP contribution >= 0.6 is 12.2 Å². The van der Waals surface area contributed by atoms with Gasteiger partial charge >= 0.3 is 0 Å². The molecule has 0 radical (unpaired) electrons.